The van der Waals surface area contributed by atoms with Gasteiger partial charge in [0.15, 0.2) is 0 Å². The molecule has 164 valence electrons. The summed E-state index contributed by atoms with van der Waals surface area (Å²) < 4.78 is 54.8. The van der Waals surface area contributed by atoms with Gasteiger partial charge in [-0.05, 0) is 56.1 Å². The number of nitrogens with zero attached hydrogens (tertiary/aromatic N) is 1. The molecule has 0 spiro atoms. The Balaban J connectivity index is 1.59. The quantitative estimate of drug-likeness (QED) is 0.489. The second-order valence-corrected chi connectivity index (χ2v) is 8.71. The Hall–Kier alpha value is -2.02. The van der Waals surface area contributed by atoms with Crippen molar-refractivity contribution in [2.24, 2.45) is 11.8 Å². The Morgan fingerprint density at radius 1 is 1.13 bits per heavy atom. The minimum Gasteiger partial charge on any atom is -0.405 e. The van der Waals surface area contributed by atoms with E-state index in [0.29, 0.717) is 24.1 Å². The van der Waals surface area contributed by atoms with Crippen molar-refractivity contribution in [3.63, 3.8) is 0 Å². The fourth-order valence-electron chi connectivity index (χ4n) is 4.56. The van der Waals surface area contributed by atoms with E-state index in [2.05, 4.69) is 23.7 Å². The molecule has 1 aromatic carbocycles. The van der Waals surface area contributed by atoms with E-state index in [1.165, 1.54) is 18.6 Å². The molecule has 2 saturated carbocycles. The summed E-state index contributed by atoms with van der Waals surface area (Å²) in [4.78, 5) is 0. The van der Waals surface area contributed by atoms with Crippen LogP contribution < -0.4 is 4.74 Å². The Bertz CT molecular complexity index is 860. The van der Waals surface area contributed by atoms with Gasteiger partial charge in [-0.25, -0.2) is 0 Å². The normalized spacial score (nSPS) is 24.8. The number of hydrogen-bond acceptors (Lipinski definition) is 4. The predicted molar refractivity (Wildman–Crippen MR) is 106 cm³/mol. The molecular formula is C23H28F3NO3. The summed E-state index contributed by atoms with van der Waals surface area (Å²) in [6.45, 7) is 4.75. The van der Waals surface area contributed by atoms with Crippen molar-refractivity contribution in [1.29, 1.82) is 0 Å². The molecular weight excluding hydrogens is 395 g/mol. The van der Waals surface area contributed by atoms with Crippen molar-refractivity contribution >= 4 is 0 Å². The zero-order valence-electron chi connectivity index (χ0n) is 17.4. The maximum Gasteiger partial charge on any atom is 0.573 e. The lowest BCUT2D eigenvalue weighted by Gasteiger charge is -2.32. The van der Waals surface area contributed by atoms with Crippen molar-refractivity contribution in [1.82, 2.24) is 5.16 Å². The minimum atomic E-state index is -4.77. The van der Waals surface area contributed by atoms with E-state index in [-0.39, 0.29) is 23.3 Å². The second kappa shape index (κ2) is 8.61. The highest BCUT2D eigenvalue weighted by Crippen LogP contribution is 2.46. The number of aromatic nitrogens is 1. The molecule has 2 aliphatic carbocycles. The first-order chi connectivity index (χ1) is 14.3. The number of ether oxygens (including phenoxy) is 2. The first kappa shape index (κ1) is 21.2. The molecule has 0 saturated heterocycles. The largest absolute Gasteiger partial charge is 0.573 e. The molecule has 0 radical (unpaired) electrons. The summed E-state index contributed by atoms with van der Waals surface area (Å²) in [5.74, 6) is 2.00. The van der Waals surface area contributed by atoms with Crippen LogP contribution in [0.1, 0.15) is 69.6 Å². The third-order valence-electron chi connectivity index (χ3n) is 6.17. The molecule has 2 aliphatic rings. The van der Waals surface area contributed by atoms with Gasteiger partial charge < -0.3 is 14.0 Å². The van der Waals surface area contributed by atoms with Crippen molar-refractivity contribution in [2.45, 2.75) is 77.4 Å². The van der Waals surface area contributed by atoms with Crippen molar-refractivity contribution in [3.05, 3.63) is 35.6 Å². The smallest absolute Gasteiger partial charge is 0.405 e. The summed E-state index contributed by atoms with van der Waals surface area (Å²) >= 11 is 0. The average molecular weight is 423 g/mol. The number of halogens is 3. The monoisotopic (exact) mass is 423 g/mol. The molecule has 30 heavy (non-hydrogen) atoms. The molecule has 2 aromatic rings. The summed E-state index contributed by atoms with van der Waals surface area (Å²) in [6.07, 6.45) is 1.76. The van der Waals surface area contributed by atoms with Crippen LogP contribution in [0, 0.1) is 11.8 Å². The van der Waals surface area contributed by atoms with E-state index in [9.17, 15) is 13.2 Å². The standard InChI is InChI=1S/C23H28F3NO3/c1-3-15-10-14(2)11-17(12-15)28-13-19-21(27-30-22(19)16-8-9-16)18-6-4-5-7-20(18)29-23(24,25)26/h4-7,14-17H,3,8-13H2,1-2H3/t14-,15+,17-/m0/s1. The van der Waals surface area contributed by atoms with Gasteiger partial charge in [0.25, 0.3) is 0 Å². The molecule has 1 aromatic heterocycles. The van der Waals surface area contributed by atoms with E-state index in [1.54, 1.807) is 12.1 Å². The van der Waals surface area contributed by atoms with Gasteiger partial charge in [-0.3, -0.25) is 0 Å². The Morgan fingerprint density at radius 2 is 1.90 bits per heavy atom. The zero-order chi connectivity index (χ0) is 21.3. The second-order valence-electron chi connectivity index (χ2n) is 8.71. The van der Waals surface area contributed by atoms with Gasteiger partial charge in [0, 0.05) is 17.0 Å². The lowest BCUT2D eigenvalue weighted by atomic mass is 9.79. The Labute approximate surface area is 174 Å². The highest BCUT2D eigenvalue weighted by Gasteiger charge is 2.36. The van der Waals surface area contributed by atoms with Crippen LogP contribution in [0.4, 0.5) is 13.2 Å². The number of para-hydroxylation sites is 1. The minimum absolute atomic E-state index is 0.148. The third kappa shape index (κ3) is 4.99. The van der Waals surface area contributed by atoms with E-state index < -0.39 is 6.36 Å². The van der Waals surface area contributed by atoms with Crippen LogP contribution in [0.2, 0.25) is 0 Å². The first-order valence-corrected chi connectivity index (χ1v) is 10.8. The van der Waals surface area contributed by atoms with Gasteiger partial charge in [-0.2, -0.15) is 0 Å². The molecule has 1 heterocycles. The maximum absolute atomic E-state index is 12.9. The number of benzene rings is 1. The van der Waals surface area contributed by atoms with Crippen LogP contribution in [-0.4, -0.2) is 17.6 Å². The number of alkyl halides is 3. The molecule has 0 amide bonds. The molecule has 0 unspecified atom stereocenters. The van der Waals surface area contributed by atoms with Crippen LogP contribution in [0.15, 0.2) is 28.8 Å². The van der Waals surface area contributed by atoms with Crippen molar-refractivity contribution in [2.75, 3.05) is 0 Å². The summed E-state index contributed by atoms with van der Waals surface area (Å²) in [7, 11) is 0. The molecule has 0 N–H and O–H groups in total. The zero-order valence-corrected chi connectivity index (χ0v) is 17.4. The Morgan fingerprint density at radius 3 is 2.60 bits per heavy atom. The fraction of sp³-hybridized carbons (Fsp3) is 0.609. The topological polar surface area (TPSA) is 44.5 Å². The molecule has 4 nitrogen and oxygen atoms in total. The predicted octanol–water partition coefficient (Wildman–Crippen LogP) is 6.85. The highest BCUT2D eigenvalue weighted by atomic mass is 19.4. The first-order valence-electron chi connectivity index (χ1n) is 10.8. The molecule has 3 atom stereocenters. The van der Waals surface area contributed by atoms with Gasteiger partial charge in [-0.1, -0.05) is 37.6 Å². The average Bonchev–Trinajstić information content (AvgIpc) is 3.45. The lowest BCUT2D eigenvalue weighted by molar-refractivity contribution is -0.274. The van der Waals surface area contributed by atoms with Crippen molar-refractivity contribution < 1.29 is 27.2 Å². The van der Waals surface area contributed by atoms with Gasteiger partial charge >= 0.3 is 6.36 Å². The van der Waals surface area contributed by atoms with Crippen LogP contribution in [-0.2, 0) is 11.3 Å². The maximum atomic E-state index is 12.9. The summed E-state index contributed by atoms with van der Waals surface area (Å²) in [5, 5.41) is 4.15. The van der Waals surface area contributed by atoms with E-state index in [4.69, 9.17) is 9.26 Å². The third-order valence-corrected chi connectivity index (χ3v) is 6.17. The van der Waals surface area contributed by atoms with Crippen LogP contribution in [0.25, 0.3) is 11.3 Å². The molecule has 4 rings (SSSR count). The summed E-state index contributed by atoms with van der Waals surface area (Å²) in [5.41, 5.74) is 1.40. The van der Waals surface area contributed by atoms with Crippen LogP contribution in [0.3, 0.4) is 0 Å². The lowest BCUT2D eigenvalue weighted by Crippen LogP contribution is -2.27. The summed E-state index contributed by atoms with van der Waals surface area (Å²) in [6, 6.07) is 6.06. The van der Waals surface area contributed by atoms with Gasteiger partial charge in [0.1, 0.15) is 17.2 Å². The molecule has 2 fully saturated rings. The number of hydrogen-bond donors (Lipinski definition) is 0. The molecule has 0 aliphatic heterocycles. The van der Waals surface area contributed by atoms with Crippen molar-refractivity contribution in [3.8, 4) is 17.0 Å². The van der Waals surface area contributed by atoms with E-state index in [0.717, 1.165) is 43.4 Å². The van der Waals surface area contributed by atoms with E-state index in [1.807, 2.05) is 0 Å². The molecule has 0 bridgehead atoms. The number of rotatable bonds is 7. The van der Waals surface area contributed by atoms with Crippen LogP contribution in [0.5, 0.6) is 5.75 Å². The van der Waals surface area contributed by atoms with Crippen LogP contribution >= 0.6 is 0 Å². The van der Waals surface area contributed by atoms with Gasteiger partial charge in [0.2, 0.25) is 0 Å². The van der Waals surface area contributed by atoms with Gasteiger partial charge in [0.05, 0.1) is 12.7 Å². The SMILES string of the molecule is CC[C@@H]1C[C@H](C)C[C@H](OCc2c(-c3ccccc3OC(F)(F)F)noc2C2CC2)C1. The fourth-order valence-corrected chi connectivity index (χ4v) is 4.56. The Kier molecular flexibility index (Phi) is 6.09. The van der Waals surface area contributed by atoms with Gasteiger partial charge in [-0.15, -0.1) is 13.2 Å². The molecule has 7 heteroatoms. The highest BCUT2D eigenvalue weighted by molar-refractivity contribution is 5.70. The van der Waals surface area contributed by atoms with E-state index >= 15 is 0 Å².